The van der Waals surface area contributed by atoms with Crippen LogP contribution in [0.2, 0.25) is 0 Å². The smallest absolute Gasteiger partial charge is 0.315 e. The van der Waals surface area contributed by atoms with E-state index >= 15 is 0 Å². The fourth-order valence-corrected chi connectivity index (χ4v) is 1.52. The topological polar surface area (TPSA) is 40.6 Å². The summed E-state index contributed by atoms with van der Waals surface area (Å²) in [5.41, 5.74) is 0. The zero-order chi connectivity index (χ0) is 10.0. The molecule has 0 unspecified atom stereocenters. The van der Waals surface area contributed by atoms with Gasteiger partial charge in [-0.15, -0.1) is 0 Å². The summed E-state index contributed by atoms with van der Waals surface area (Å²) in [5.74, 6) is -0.0755. The molecular formula is C9H16N2O2. The van der Waals surface area contributed by atoms with E-state index in [1.165, 1.54) is 4.90 Å². The van der Waals surface area contributed by atoms with Crippen molar-refractivity contribution in [3.05, 3.63) is 0 Å². The first-order valence-electron chi connectivity index (χ1n) is 4.69. The van der Waals surface area contributed by atoms with Crippen LogP contribution >= 0.6 is 0 Å². The lowest BCUT2D eigenvalue weighted by Crippen LogP contribution is -2.38. The Bertz CT molecular complexity index is 226. The zero-order valence-corrected chi connectivity index (χ0v) is 8.41. The predicted molar refractivity (Wildman–Crippen MR) is 49.2 cm³/mol. The van der Waals surface area contributed by atoms with Gasteiger partial charge in [0.05, 0.1) is 0 Å². The summed E-state index contributed by atoms with van der Waals surface area (Å²) in [4.78, 5) is 25.9. The number of amides is 3. The van der Waals surface area contributed by atoms with E-state index in [2.05, 4.69) is 0 Å². The average molecular weight is 184 g/mol. The van der Waals surface area contributed by atoms with Gasteiger partial charge in [0.25, 0.3) is 5.91 Å². The molecule has 1 rings (SSSR count). The Morgan fingerprint density at radius 3 is 2.38 bits per heavy atom. The number of urea groups is 1. The molecule has 0 spiro atoms. The summed E-state index contributed by atoms with van der Waals surface area (Å²) >= 11 is 0. The SMILES string of the molecule is CCCN1CC(=O)N(C(C)C)C1=O. The van der Waals surface area contributed by atoms with Gasteiger partial charge in [0.1, 0.15) is 6.54 Å². The molecule has 1 saturated heterocycles. The molecule has 4 heteroatoms. The third-order valence-corrected chi connectivity index (χ3v) is 2.08. The van der Waals surface area contributed by atoms with E-state index in [0.29, 0.717) is 6.54 Å². The molecule has 0 atom stereocenters. The molecule has 0 radical (unpaired) electrons. The van der Waals surface area contributed by atoms with Crippen molar-refractivity contribution < 1.29 is 9.59 Å². The Morgan fingerprint density at radius 1 is 1.38 bits per heavy atom. The lowest BCUT2D eigenvalue weighted by atomic mass is 10.3. The molecule has 0 aromatic heterocycles. The van der Waals surface area contributed by atoms with Crippen LogP contribution in [-0.4, -0.2) is 40.9 Å². The molecule has 1 heterocycles. The largest absolute Gasteiger partial charge is 0.327 e. The summed E-state index contributed by atoms with van der Waals surface area (Å²) in [6, 6.07) is -0.163. The van der Waals surface area contributed by atoms with Crippen LogP contribution < -0.4 is 0 Å². The number of carbonyl (C=O) groups is 2. The van der Waals surface area contributed by atoms with Gasteiger partial charge in [0.2, 0.25) is 0 Å². The third-order valence-electron chi connectivity index (χ3n) is 2.08. The van der Waals surface area contributed by atoms with Gasteiger partial charge in [-0.2, -0.15) is 0 Å². The van der Waals surface area contributed by atoms with Crippen molar-refractivity contribution in [1.82, 2.24) is 9.80 Å². The van der Waals surface area contributed by atoms with E-state index in [1.807, 2.05) is 20.8 Å². The number of carbonyl (C=O) groups excluding carboxylic acids is 2. The third kappa shape index (κ3) is 1.82. The van der Waals surface area contributed by atoms with Crippen LogP contribution in [0, 0.1) is 0 Å². The Hall–Kier alpha value is -1.06. The molecular weight excluding hydrogens is 168 g/mol. The Kier molecular flexibility index (Phi) is 2.90. The fraction of sp³-hybridized carbons (Fsp3) is 0.778. The first kappa shape index (κ1) is 10.0. The minimum atomic E-state index is -0.137. The molecule has 0 bridgehead atoms. The van der Waals surface area contributed by atoms with Crippen LogP contribution in [0.15, 0.2) is 0 Å². The predicted octanol–water partition coefficient (Wildman–Crippen LogP) is 1.07. The highest BCUT2D eigenvalue weighted by molar-refractivity contribution is 6.02. The van der Waals surface area contributed by atoms with E-state index in [0.717, 1.165) is 6.42 Å². The van der Waals surface area contributed by atoms with Crippen molar-refractivity contribution >= 4 is 11.9 Å². The fourth-order valence-electron chi connectivity index (χ4n) is 1.52. The highest BCUT2D eigenvalue weighted by atomic mass is 16.2. The van der Waals surface area contributed by atoms with Crippen LogP contribution in [0.1, 0.15) is 27.2 Å². The number of nitrogens with zero attached hydrogens (tertiary/aromatic N) is 2. The van der Waals surface area contributed by atoms with E-state index in [-0.39, 0.29) is 24.5 Å². The van der Waals surface area contributed by atoms with Crippen LogP contribution in [0.5, 0.6) is 0 Å². The normalized spacial score (nSPS) is 17.8. The van der Waals surface area contributed by atoms with Crippen molar-refractivity contribution in [1.29, 1.82) is 0 Å². The van der Waals surface area contributed by atoms with E-state index in [4.69, 9.17) is 0 Å². The Balaban J connectivity index is 2.70. The lowest BCUT2D eigenvalue weighted by molar-refractivity contribution is -0.126. The average Bonchev–Trinajstić information content (AvgIpc) is 2.28. The lowest BCUT2D eigenvalue weighted by Gasteiger charge is -2.19. The van der Waals surface area contributed by atoms with Gasteiger partial charge in [0.15, 0.2) is 0 Å². The second-order valence-corrected chi connectivity index (χ2v) is 3.56. The molecule has 0 aliphatic carbocycles. The van der Waals surface area contributed by atoms with Crippen molar-refractivity contribution in [2.24, 2.45) is 0 Å². The maximum absolute atomic E-state index is 11.6. The molecule has 13 heavy (non-hydrogen) atoms. The zero-order valence-electron chi connectivity index (χ0n) is 8.41. The van der Waals surface area contributed by atoms with E-state index < -0.39 is 0 Å². The quantitative estimate of drug-likeness (QED) is 0.615. The number of imide groups is 1. The van der Waals surface area contributed by atoms with Crippen LogP contribution in [-0.2, 0) is 4.79 Å². The number of rotatable bonds is 3. The number of hydrogen-bond acceptors (Lipinski definition) is 2. The van der Waals surface area contributed by atoms with Gasteiger partial charge >= 0.3 is 6.03 Å². The number of hydrogen-bond donors (Lipinski definition) is 0. The molecule has 0 saturated carbocycles. The van der Waals surface area contributed by atoms with Gasteiger partial charge in [-0.3, -0.25) is 9.69 Å². The van der Waals surface area contributed by atoms with Crippen LogP contribution in [0.4, 0.5) is 4.79 Å². The monoisotopic (exact) mass is 184 g/mol. The summed E-state index contributed by atoms with van der Waals surface area (Å²) in [7, 11) is 0. The van der Waals surface area contributed by atoms with Gasteiger partial charge < -0.3 is 4.90 Å². The molecule has 74 valence electrons. The first-order chi connectivity index (χ1) is 6.07. The summed E-state index contributed by atoms with van der Waals surface area (Å²) in [6.45, 7) is 6.63. The van der Waals surface area contributed by atoms with Crippen LogP contribution in [0.3, 0.4) is 0 Å². The molecule has 0 aromatic carbocycles. The maximum atomic E-state index is 11.6. The van der Waals surface area contributed by atoms with Gasteiger partial charge in [0, 0.05) is 12.6 Å². The summed E-state index contributed by atoms with van der Waals surface area (Å²) < 4.78 is 0. The Morgan fingerprint density at radius 2 is 2.00 bits per heavy atom. The van der Waals surface area contributed by atoms with Gasteiger partial charge in [-0.05, 0) is 20.3 Å². The summed E-state index contributed by atoms with van der Waals surface area (Å²) in [5, 5.41) is 0. The second kappa shape index (κ2) is 3.77. The highest BCUT2D eigenvalue weighted by Gasteiger charge is 2.36. The van der Waals surface area contributed by atoms with E-state index in [1.54, 1.807) is 4.90 Å². The summed E-state index contributed by atoms with van der Waals surface area (Å²) in [6.07, 6.45) is 0.894. The molecule has 0 aromatic rings. The molecule has 3 amide bonds. The minimum Gasteiger partial charge on any atom is -0.315 e. The maximum Gasteiger partial charge on any atom is 0.327 e. The molecule has 0 N–H and O–H groups in total. The molecule has 1 aliphatic heterocycles. The molecule has 1 fully saturated rings. The van der Waals surface area contributed by atoms with Crippen molar-refractivity contribution in [2.45, 2.75) is 33.2 Å². The molecule has 1 aliphatic rings. The van der Waals surface area contributed by atoms with Crippen molar-refractivity contribution in [2.75, 3.05) is 13.1 Å². The van der Waals surface area contributed by atoms with Crippen LogP contribution in [0.25, 0.3) is 0 Å². The highest BCUT2D eigenvalue weighted by Crippen LogP contribution is 2.13. The molecule has 4 nitrogen and oxygen atoms in total. The van der Waals surface area contributed by atoms with Gasteiger partial charge in [-0.1, -0.05) is 6.92 Å². The Labute approximate surface area is 78.5 Å². The first-order valence-corrected chi connectivity index (χ1v) is 4.69. The van der Waals surface area contributed by atoms with Crippen molar-refractivity contribution in [3.63, 3.8) is 0 Å². The van der Waals surface area contributed by atoms with Crippen molar-refractivity contribution in [3.8, 4) is 0 Å². The van der Waals surface area contributed by atoms with E-state index in [9.17, 15) is 9.59 Å². The standard InChI is InChI=1S/C9H16N2O2/c1-4-5-10-6-8(12)11(7(2)3)9(10)13/h7H,4-6H2,1-3H3. The minimum absolute atomic E-state index is 0.0261. The second-order valence-electron chi connectivity index (χ2n) is 3.56. The van der Waals surface area contributed by atoms with Gasteiger partial charge in [-0.25, -0.2) is 4.79 Å².